The number of thioether (sulfide) groups is 1. The maximum Gasteiger partial charge on any atom is 0.357 e. The Balaban J connectivity index is 2.47. The molecular formula is C14H16N4O2S. The van der Waals surface area contributed by atoms with Crippen LogP contribution in [0.5, 0.6) is 0 Å². The number of carboxylic acids is 1. The van der Waals surface area contributed by atoms with Crippen LogP contribution >= 0.6 is 11.8 Å². The molecule has 0 saturated carbocycles. The number of carboxylic acid groups (broad SMARTS) is 1. The molecule has 0 aliphatic carbocycles. The summed E-state index contributed by atoms with van der Waals surface area (Å²) in [5.74, 6) is -1.09. The summed E-state index contributed by atoms with van der Waals surface area (Å²) in [6, 6.07) is 7.20. The predicted molar refractivity (Wildman–Crippen MR) is 84.0 cm³/mol. The van der Waals surface area contributed by atoms with E-state index in [0.29, 0.717) is 34.3 Å². The quantitative estimate of drug-likeness (QED) is 0.512. The number of carbonyl (C=O) groups is 1. The van der Waals surface area contributed by atoms with Gasteiger partial charge in [0.1, 0.15) is 5.03 Å². The third kappa shape index (κ3) is 3.69. The van der Waals surface area contributed by atoms with E-state index in [-0.39, 0.29) is 5.69 Å². The number of aromatic carboxylic acids is 1. The number of rotatable bonds is 4. The molecule has 1 aromatic carbocycles. The smallest absolute Gasteiger partial charge is 0.357 e. The Morgan fingerprint density at radius 2 is 1.95 bits per heavy atom. The molecule has 2 rings (SSSR count). The Bertz CT molecular complexity index is 688. The molecule has 2 N–H and O–H groups in total. The number of nitrogens with one attached hydrogen (secondary N) is 1. The van der Waals surface area contributed by atoms with Crippen molar-refractivity contribution < 1.29 is 9.90 Å². The molecule has 110 valence electrons. The van der Waals surface area contributed by atoms with Crippen molar-refractivity contribution in [3.05, 3.63) is 30.0 Å². The maximum absolute atomic E-state index is 11.4. The SMILES string of the molecule is CCN=C(NCC)Sc1nc2ccccc2nc1C(=O)O. The third-order valence-electron chi connectivity index (χ3n) is 2.56. The van der Waals surface area contributed by atoms with Gasteiger partial charge in [0.25, 0.3) is 0 Å². The highest BCUT2D eigenvalue weighted by molar-refractivity contribution is 8.13. The van der Waals surface area contributed by atoms with E-state index in [2.05, 4.69) is 20.3 Å². The highest BCUT2D eigenvalue weighted by atomic mass is 32.2. The van der Waals surface area contributed by atoms with Gasteiger partial charge in [-0.15, -0.1) is 0 Å². The van der Waals surface area contributed by atoms with Crippen LogP contribution in [0.1, 0.15) is 24.3 Å². The van der Waals surface area contributed by atoms with Gasteiger partial charge in [-0.1, -0.05) is 12.1 Å². The first-order valence-electron chi connectivity index (χ1n) is 6.62. The Morgan fingerprint density at radius 3 is 2.52 bits per heavy atom. The normalized spacial score (nSPS) is 11.6. The van der Waals surface area contributed by atoms with Gasteiger partial charge < -0.3 is 10.4 Å². The van der Waals surface area contributed by atoms with Crippen molar-refractivity contribution in [2.45, 2.75) is 18.9 Å². The number of hydrogen-bond donors (Lipinski definition) is 2. The van der Waals surface area contributed by atoms with Crippen LogP contribution in [0.25, 0.3) is 11.0 Å². The number of amidine groups is 1. The number of aliphatic imine (C=N–C) groups is 1. The van der Waals surface area contributed by atoms with Gasteiger partial charge in [-0.2, -0.15) is 0 Å². The maximum atomic E-state index is 11.4. The van der Waals surface area contributed by atoms with Crippen molar-refractivity contribution in [3.8, 4) is 0 Å². The lowest BCUT2D eigenvalue weighted by molar-refractivity contribution is 0.0686. The molecule has 0 atom stereocenters. The van der Waals surface area contributed by atoms with Crippen LogP contribution in [0, 0.1) is 0 Å². The molecule has 7 heteroatoms. The molecule has 0 unspecified atom stereocenters. The van der Waals surface area contributed by atoms with Crippen molar-refractivity contribution in [2.24, 2.45) is 4.99 Å². The van der Waals surface area contributed by atoms with Crippen molar-refractivity contribution in [2.75, 3.05) is 13.1 Å². The zero-order valence-electron chi connectivity index (χ0n) is 11.8. The minimum atomic E-state index is -1.09. The van der Waals surface area contributed by atoms with Crippen molar-refractivity contribution in [1.82, 2.24) is 15.3 Å². The molecule has 2 aromatic rings. The number of benzene rings is 1. The van der Waals surface area contributed by atoms with Gasteiger partial charge in [-0.25, -0.2) is 14.8 Å². The highest BCUT2D eigenvalue weighted by Crippen LogP contribution is 2.23. The fraction of sp³-hybridized carbons (Fsp3) is 0.286. The van der Waals surface area contributed by atoms with Gasteiger partial charge >= 0.3 is 5.97 Å². The van der Waals surface area contributed by atoms with Crippen LogP contribution in [-0.2, 0) is 0 Å². The Labute approximate surface area is 126 Å². The molecule has 0 aliphatic rings. The molecule has 0 aliphatic heterocycles. The van der Waals surface area contributed by atoms with E-state index >= 15 is 0 Å². The topological polar surface area (TPSA) is 87.5 Å². The second kappa shape index (κ2) is 7.03. The average molecular weight is 304 g/mol. The molecule has 6 nitrogen and oxygen atoms in total. The lowest BCUT2D eigenvalue weighted by Gasteiger charge is -2.09. The summed E-state index contributed by atoms with van der Waals surface area (Å²) < 4.78 is 0. The van der Waals surface area contributed by atoms with Gasteiger partial charge in [-0.3, -0.25) is 4.99 Å². The zero-order chi connectivity index (χ0) is 15.2. The third-order valence-corrected chi connectivity index (χ3v) is 3.51. The fourth-order valence-electron chi connectivity index (χ4n) is 1.70. The number of para-hydroxylation sites is 2. The lowest BCUT2D eigenvalue weighted by atomic mass is 10.3. The molecule has 0 spiro atoms. The zero-order valence-corrected chi connectivity index (χ0v) is 12.6. The number of nitrogens with zero attached hydrogens (tertiary/aromatic N) is 3. The monoisotopic (exact) mass is 304 g/mol. The molecule has 1 aromatic heterocycles. The first-order chi connectivity index (χ1) is 10.2. The minimum absolute atomic E-state index is 0.0552. The number of aromatic nitrogens is 2. The summed E-state index contributed by atoms with van der Waals surface area (Å²) in [6.07, 6.45) is 0. The molecular weight excluding hydrogens is 288 g/mol. The summed E-state index contributed by atoms with van der Waals surface area (Å²) in [5, 5.41) is 13.4. The molecule has 0 radical (unpaired) electrons. The van der Waals surface area contributed by atoms with Crippen LogP contribution in [0.3, 0.4) is 0 Å². The first kappa shape index (κ1) is 15.2. The highest BCUT2D eigenvalue weighted by Gasteiger charge is 2.17. The van der Waals surface area contributed by atoms with Crippen molar-refractivity contribution in [3.63, 3.8) is 0 Å². The van der Waals surface area contributed by atoms with Crippen LogP contribution < -0.4 is 5.32 Å². The van der Waals surface area contributed by atoms with Crippen LogP contribution in [-0.4, -0.2) is 39.3 Å². The lowest BCUT2D eigenvalue weighted by Crippen LogP contribution is -2.21. The van der Waals surface area contributed by atoms with Gasteiger partial charge in [0, 0.05) is 13.1 Å². The van der Waals surface area contributed by atoms with E-state index in [1.165, 1.54) is 11.8 Å². The largest absolute Gasteiger partial charge is 0.476 e. The first-order valence-corrected chi connectivity index (χ1v) is 7.43. The van der Waals surface area contributed by atoms with Crippen molar-refractivity contribution >= 4 is 33.9 Å². The summed E-state index contributed by atoms with van der Waals surface area (Å²) in [5.41, 5.74) is 1.18. The van der Waals surface area contributed by atoms with Gasteiger partial charge in [0.05, 0.1) is 11.0 Å². The van der Waals surface area contributed by atoms with E-state index in [9.17, 15) is 9.90 Å². The van der Waals surface area contributed by atoms with E-state index in [4.69, 9.17) is 0 Å². The Kier molecular flexibility index (Phi) is 5.10. The van der Waals surface area contributed by atoms with Crippen molar-refractivity contribution in [1.29, 1.82) is 0 Å². The van der Waals surface area contributed by atoms with Gasteiger partial charge in [-0.05, 0) is 37.7 Å². The van der Waals surface area contributed by atoms with E-state index in [0.717, 1.165) is 0 Å². The summed E-state index contributed by atoms with van der Waals surface area (Å²) >= 11 is 1.19. The summed E-state index contributed by atoms with van der Waals surface area (Å²) in [7, 11) is 0. The summed E-state index contributed by atoms with van der Waals surface area (Å²) in [4.78, 5) is 24.3. The molecule has 0 bridgehead atoms. The molecule has 0 fully saturated rings. The van der Waals surface area contributed by atoms with E-state index in [1.54, 1.807) is 12.1 Å². The van der Waals surface area contributed by atoms with E-state index in [1.807, 2.05) is 26.0 Å². The van der Waals surface area contributed by atoms with Gasteiger partial charge in [0.2, 0.25) is 0 Å². The van der Waals surface area contributed by atoms with Crippen LogP contribution in [0.2, 0.25) is 0 Å². The Morgan fingerprint density at radius 1 is 1.29 bits per heavy atom. The average Bonchev–Trinajstić information content (AvgIpc) is 2.47. The van der Waals surface area contributed by atoms with Crippen LogP contribution in [0.15, 0.2) is 34.3 Å². The number of hydrogen-bond acceptors (Lipinski definition) is 5. The second-order valence-electron chi connectivity index (χ2n) is 4.08. The minimum Gasteiger partial charge on any atom is -0.476 e. The molecule has 21 heavy (non-hydrogen) atoms. The predicted octanol–water partition coefficient (Wildman–Crippen LogP) is 2.41. The van der Waals surface area contributed by atoms with Crippen LogP contribution in [0.4, 0.5) is 0 Å². The standard InChI is InChI=1S/C14H16N4O2S/c1-3-15-14(16-4-2)21-12-11(13(19)20)17-9-7-5-6-8-10(9)18-12/h5-8H,3-4H2,1-2H3,(H,15,16)(H,19,20). The Hall–Kier alpha value is -2.15. The summed E-state index contributed by atoms with van der Waals surface area (Å²) in [6.45, 7) is 5.19. The number of fused-ring (bicyclic) bond motifs is 1. The van der Waals surface area contributed by atoms with E-state index < -0.39 is 5.97 Å². The molecule has 0 saturated heterocycles. The van der Waals surface area contributed by atoms with Gasteiger partial charge in [0.15, 0.2) is 10.9 Å². The fourth-order valence-corrected chi connectivity index (χ4v) is 2.67. The molecule has 0 amide bonds. The second-order valence-corrected chi connectivity index (χ2v) is 5.06. The molecule has 1 heterocycles.